The normalized spacial score (nSPS) is 16.1. The van der Waals surface area contributed by atoms with E-state index in [0.29, 0.717) is 16.7 Å². The SMILES string of the molecule is CC1=C(C(=O)O)C(C)(c2cc([N+](=O)[O-])ccc2OCCBr)C(C(=O)O)=C(C)N1C. The van der Waals surface area contributed by atoms with Crippen LogP contribution in [-0.2, 0) is 15.0 Å². The summed E-state index contributed by atoms with van der Waals surface area (Å²) in [4.78, 5) is 36.7. The number of nitrogens with zero attached hydrogens (tertiary/aromatic N) is 2. The number of benzene rings is 1. The van der Waals surface area contributed by atoms with Crippen molar-refractivity contribution in [2.24, 2.45) is 0 Å². The van der Waals surface area contributed by atoms with Crippen molar-refractivity contribution < 1.29 is 29.5 Å². The molecule has 2 rings (SSSR count). The van der Waals surface area contributed by atoms with Gasteiger partial charge in [0.05, 0.1) is 28.1 Å². The van der Waals surface area contributed by atoms with Gasteiger partial charge in [0.1, 0.15) is 5.75 Å². The molecule has 0 bridgehead atoms. The summed E-state index contributed by atoms with van der Waals surface area (Å²) in [6, 6.07) is 3.78. The summed E-state index contributed by atoms with van der Waals surface area (Å²) in [6.07, 6.45) is 0. The Labute approximate surface area is 175 Å². The van der Waals surface area contributed by atoms with Crippen LogP contribution < -0.4 is 4.74 Å². The van der Waals surface area contributed by atoms with Gasteiger partial charge in [0.25, 0.3) is 5.69 Å². The van der Waals surface area contributed by atoms with Crippen LogP contribution in [0.25, 0.3) is 0 Å². The molecule has 1 heterocycles. The number of carboxylic acids is 2. The summed E-state index contributed by atoms with van der Waals surface area (Å²) in [5.74, 6) is -2.46. The molecule has 1 aliphatic rings. The van der Waals surface area contributed by atoms with E-state index < -0.39 is 22.3 Å². The Kier molecular flexibility index (Phi) is 6.37. The van der Waals surface area contributed by atoms with Crippen LogP contribution in [0.4, 0.5) is 5.69 Å². The lowest BCUT2D eigenvalue weighted by atomic mass is 9.66. The molecule has 0 amide bonds. The summed E-state index contributed by atoms with van der Waals surface area (Å²) in [5, 5.41) is 31.8. The largest absolute Gasteiger partial charge is 0.492 e. The van der Waals surface area contributed by atoms with Crippen LogP contribution in [0.5, 0.6) is 5.75 Å². The quantitative estimate of drug-likeness (QED) is 0.354. The smallest absolute Gasteiger partial charge is 0.334 e. The van der Waals surface area contributed by atoms with Gasteiger partial charge in [-0.05, 0) is 26.8 Å². The molecule has 10 heteroatoms. The van der Waals surface area contributed by atoms with Crippen molar-refractivity contribution in [1.29, 1.82) is 0 Å². The predicted octanol–water partition coefficient (Wildman–Crippen LogP) is 3.29. The van der Waals surface area contributed by atoms with Crippen molar-refractivity contribution in [3.05, 3.63) is 56.4 Å². The van der Waals surface area contributed by atoms with Crippen molar-refractivity contribution in [1.82, 2.24) is 4.90 Å². The number of aliphatic carboxylic acids is 2. The Balaban J connectivity index is 2.98. The average Bonchev–Trinajstić information content (AvgIpc) is 2.63. The van der Waals surface area contributed by atoms with Gasteiger partial charge in [0, 0.05) is 41.5 Å². The third kappa shape index (κ3) is 3.71. The Morgan fingerprint density at radius 1 is 1.21 bits per heavy atom. The molecule has 0 spiro atoms. The predicted molar refractivity (Wildman–Crippen MR) is 108 cm³/mol. The minimum absolute atomic E-state index is 0.106. The minimum atomic E-state index is -1.69. The number of ether oxygens (including phenoxy) is 1. The Morgan fingerprint density at radius 2 is 1.72 bits per heavy atom. The second kappa shape index (κ2) is 8.24. The number of non-ortho nitro benzene ring substituents is 1. The summed E-state index contributed by atoms with van der Waals surface area (Å²) in [7, 11) is 1.58. The van der Waals surface area contributed by atoms with E-state index in [1.807, 2.05) is 0 Å². The fraction of sp³-hybridized carbons (Fsp3) is 0.368. The van der Waals surface area contributed by atoms with Crippen LogP contribution in [0, 0.1) is 10.1 Å². The number of nitro groups is 1. The molecule has 0 fully saturated rings. The zero-order valence-corrected chi connectivity index (χ0v) is 17.9. The van der Waals surface area contributed by atoms with Gasteiger partial charge in [-0.2, -0.15) is 0 Å². The van der Waals surface area contributed by atoms with Gasteiger partial charge in [-0.1, -0.05) is 15.9 Å². The lowest BCUT2D eigenvalue weighted by molar-refractivity contribution is -0.385. The number of allylic oxidation sites excluding steroid dienone is 2. The summed E-state index contributed by atoms with van der Waals surface area (Å²) in [6.45, 7) is 4.79. The second-order valence-electron chi connectivity index (χ2n) is 6.69. The monoisotopic (exact) mass is 468 g/mol. The number of carbonyl (C=O) groups is 2. The van der Waals surface area contributed by atoms with Gasteiger partial charge >= 0.3 is 11.9 Å². The maximum atomic E-state index is 12.2. The molecule has 156 valence electrons. The zero-order chi connectivity index (χ0) is 22.1. The van der Waals surface area contributed by atoms with E-state index in [0.717, 1.165) is 0 Å². The Morgan fingerprint density at radius 3 is 2.14 bits per heavy atom. The summed E-state index contributed by atoms with van der Waals surface area (Å²) < 4.78 is 5.68. The van der Waals surface area contributed by atoms with Crippen molar-refractivity contribution in [3.8, 4) is 5.75 Å². The van der Waals surface area contributed by atoms with E-state index in [9.17, 15) is 29.9 Å². The fourth-order valence-corrected chi connectivity index (χ4v) is 3.90. The van der Waals surface area contributed by atoms with Gasteiger partial charge in [0.2, 0.25) is 0 Å². The van der Waals surface area contributed by atoms with Crippen LogP contribution in [0.3, 0.4) is 0 Å². The molecule has 0 radical (unpaired) electrons. The number of halogens is 1. The third-order valence-corrected chi connectivity index (χ3v) is 5.53. The van der Waals surface area contributed by atoms with Crippen molar-refractivity contribution >= 4 is 33.6 Å². The first-order chi connectivity index (χ1) is 13.5. The Hall–Kier alpha value is -2.88. The first kappa shape index (κ1) is 22.4. The number of hydrogen-bond acceptors (Lipinski definition) is 6. The fourth-order valence-electron chi connectivity index (χ4n) is 3.74. The molecule has 0 aliphatic carbocycles. The first-order valence-electron chi connectivity index (χ1n) is 8.59. The highest BCUT2D eigenvalue weighted by atomic mass is 79.9. The first-order valence-corrected chi connectivity index (χ1v) is 9.71. The number of rotatable bonds is 7. The lowest BCUT2D eigenvalue weighted by Crippen LogP contribution is -2.43. The van der Waals surface area contributed by atoms with Crippen LogP contribution in [-0.4, -0.2) is 51.0 Å². The van der Waals surface area contributed by atoms with Gasteiger partial charge < -0.3 is 19.8 Å². The maximum absolute atomic E-state index is 12.2. The highest BCUT2D eigenvalue weighted by Gasteiger charge is 2.50. The van der Waals surface area contributed by atoms with Gasteiger partial charge in [-0.25, -0.2) is 9.59 Å². The number of hydrogen-bond donors (Lipinski definition) is 2. The van der Waals surface area contributed by atoms with Gasteiger partial charge in [-0.3, -0.25) is 10.1 Å². The molecule has 0 unspecified atom stereocenters. The second-order valence-corrected chi connectivity index (χ2v) is 7.48. The van der Waals surface area contributed by atoms with E-state index in [-0.39, 0.29) is 34.8 Å². The number of carboxylic acid groups (broad SMARTS) is 2. The topological polar surface area (TPSA) is 130 Å². The molecule has 0 aromatic heterocycles. The van der Waals surface area contributed by atoms with Crippen LogP contribution >= 0.6 is 15.9 Å². The molecule has 1 aromatic carbocycles. The zero-order valence-electron chi connectivity index (χ0n) is 16.4. The van der Waals surface area contributed by atoms with E-state index >= 15 is 0 Å². The van der Waals surface area contributed by atoms with E-state index in [4.69, 9.17) is 4.74 Å². The van der Waals surface area contributed by atoms with Crippen LogP contribution in [0.2, 0.25) is 0 Å². The molecule has 9 nitrogen and oxygen atoms in total. The van der Waals surface area contributed by atoms with Crippen molar-refractivity contribution in [2.45, 2.75) is 26.2 Å². The number of alkyl halides is 1. The maximum Gasteiger partial charge on any atom is 0.334 e. The van der Waals surface area contributed by atoms with Crippen LogP contribution in [0.1, 0.15) is 26.3 Å². The van der Waals surface area contributed by atoms with Crippen LogP contribution in [0.15, 0.2) is 40.7 Å². The lowest BCUT2D eigenvalue weighted by Gasteiger charge is -2.41. The molecular weight excluding hydrogens is 448 g/mol. The molecule has 1 aliphatic heterocycles. The highest BCUT2D eigenvalue weighted by Crippen LogP contribution is 2.50. The Bertz CT molecular complexity index is 914. The molecule has 0 saturated heterocycles. The summed E-state index contributed by atoms with van der Waals surface area (Å²) in [5.41, 5.74) is -1.59. The third-order valence-electron chi connectivity index (χ3n) is 5.20. The van der Waals surface area contributed by atoms with E-state index in [1.54, 1.807) is 20.9 Å². The van der Waals surface area contributed by atoms with Crippen molar-refractivity contribution in [2.75, 3.05) is 19.0 Å². The van der Waals surface area contributed by atoms with Gasteiger partial charge in [-0.15, -0.1) is 0 Å². The van der Waals surface area contributed by atoms with E-state index in [1.165, 1.54) is 30.0 Å². The molecule has 0 atom stereocenters. The molecule has 0 saturated carbocycles. The van der Waals surface area contributed by atoms with Gasteiger partial charge in [0.15, 0.2) is 0 Å². The molecule has 29 heavy (non-hydrogen) atoms. The standard InChI is InChI=1S/C19H21BrN2O7/c1-10-15(17(23)24)19(3,16(18(25)26)11(2)21(10)4)13-9-12(22(27)28)5-6-14(13)29-8-7-20/h5-6,9H,7-8H2,1-4H3,(H,23,24)(H,25,26). The molecule has 1 aromatic rings. The van der Waals surface area contributed by atoms with Crippen molar-refractivity contribution in [3.63, 3.8) is 0 Å². The molecule has 2 N–H and O–H groups in total. The summed E-state index contributed by atoms with van der Waals surface area (Å²) >= 11 is 3.23. The average molecular weight is 469 g/mol. The highest BCUT2D eigenvalue weighted by molar-refractivity contribution is 9.09. The minimum Gasteiger partial charge on any atom is -0.492 e. The van der Waals surface area contributed by atoms with E-state index in [2.05, 4.69) is 15.9 Å². The molecular formula is C19H21BrN2O7. The number of nitro benzene ring substituents is 1.